The number of hydrogen-bond acceptors (Lipinski definition) is 3. The van der Waals surface area contributed by atoms with E-state index in [1.54, 1.807) is 0 Å². The van der Waals surface area contributed by atoms with Gasteiger partial charge >= 0.3 is 0 Å². The fraction of sp³-hybridized carbons (Fsp3) is 0.200. The fourth-order valence-electron chi connectivity index (χ4n) is 2.49. The zero-order chi connectivity index (χ0) is 15.0. The summed E-state index contributed by atoms with van der Waals surface area (Å²) in [6.45, 7) is 2.09. The van der Waals surface area contributed by atoms with Crippen LogP contribution in [0.3, 0.4) is 0 Å². The molecule has 0 radical (unpaired) electrons. The summed E-state index contributed by atoms with van der Waals surface area (Å²) in [6, 6.07) is 7.98. The van der Waals surface area contributed by atoms with Gasteiger partial charge in [-0.05, 0) is 12.5 Å². The van der Waals surface area contributed by atoms with Gasteiger partial charge in [0.15, 0.2) is 5.82 Å². The van der Waals surface area contributed by atoms with E-state index in [-0.39, 0.29) is 0 Å². The molecule has 0 aliphatic heterocycles. The summed E-state index contributed by atoms with van der Waals surface area (Å²) in [7, 11) is 1.92. The van der Waals surface area contributed by atoms with Gasteiger partial charge in [-0.25, -0.2) is 0 Å². The van der Waals surface area contributed by atoms with Gasteiger partial charge in [-0.2, -0.15) is 10.2 Å². The molecule has 2 heterocycles. The van der Waals surface area contributed by atoms with Gasteiger partial charge in [0.25, 0.3) is 0 Å². The third-order valence-corrected chi connectivity index (χ3v) is 4.14. The molecule has 2 aromatic heterocycles. The number of halogens is 1. The molecule has 0 fully saturated rings. The Hall–Kier alpha value is -2.08. The van der Waals surface area contributed by atoms with Crippen molar-refractivity contribution in [3.8, 4) is 22.4 Å². The van der Waals surface area contributed by atoms with Crippen molar-refractivity contribution in [2.45, 2.75) is 13.3 Å². The number of hydrogen-bond donors (Lipinski definition) is 2. The molecule has 1 aromatic carbocycles. The highest BCUT2D eigenvalue weighted by Crippen LogP contribution is 2.39. The SMILES string of the molecule is CCc1nn(C)cc1-c1[nH]nc(N)c1-c1ccccc1Br. The maximum absolute atomic E-state index is 6.09. The van der Waals surface area contributed by atoms with Gasteiger partial charge in [-0.15, -0.1) is 0 Å². The minimum atomic E-state index is 0.489. The second kappa shape index (κ2) is 5.37. The number of aromatic nitrogens is 4. The van der Waals surface area contributed by atoms with E-state index in [0.29, 0.717) is 5.82 Å². The third kappa shape index (κ3) is 2.35. The molecule has 0 bridgehead atoms. The minimum absolute atomic E-state index is 0.489. The Balaban J connectivity index is 2.25. The van der Waals surface area contributed by atoms with Crippen LogP contribution < -0.4 is 5.73 Å². The van der Waals surface area contributed by atoms with Crippen LogP contribution in [-0.4, -0.2) is 20.0 Å². The second-order valence-corrected chi connectivity index (χ2v) is 5.71. The lowest BCUT2D eigenvalue weighted by Gasteiger charge is -2.06. The molecule has 0 unspecified atom stereocenters. The number of aryl methyl sites for hydroxylation is 2. The first-order chi connectivity index (χ1) is 10.1. The predicted octanol–water partition coefficient (Wildman–Crippen LogP) is 3.38. The van der Waals surface area contributed by atoms with Crippen molar-refractivity contribution in [2.75, 3.05) is 5.73 Å². The molecule has 0 spiro atoms. The number of nitrogens with two attached hydrogens (primary N) is 1. The summed E-state index contributed by atoms with van der Waals surface area (Å²) >= 11 is 3.58. The number of H-pyrrole nitrogens is 1. The molecule has 108 valence electrons. The zero-order valence-corrected chi connectivity index (χ0v) is 13.5. The monoisotopic (exact) mass is 345 g/mol. The van der Waals surface area contributed by atoms with Crippen molar-refractivity contribution < 1.29 is 0 Å². The number of aromatic amines is 1. The van der Waals surface area contributed by atoms with E-state index in [9.17, 15) is 0 Å². The van der Waals surface area contributed by atoms with Gasteiger partial charge in [-0.3, -0.25) is 9.78 Å². The van der Waals surface area contributed by atoms with E-state index in [2.05, 4.69) is 38.1 Å². The number of anilines is 1. The highest BCUT2D eigenvalue weighted by atomic mass is 79.9. The summed E-state index contributed by atoms with van der Waals surface area (Å²) in [4.78, 5) is 0. The van der Waals surface area contributed by atoms with Crippen LogP contribution in [0.1, 0.15) is 12.6 Å². The lowest BCUT2D eigenvalue weighted by Crippen LogP contribution is -1.91. The summed E-state index contributed by atoms with van der Waals surface area (Å²) in [5.41, 5.74) is 11.0. The van der Waals surface area contributed by atoms with Gasteiger partial charge in [0.2, 0.25) is 0 Å². The first-order valence-corrected chi connectivity index (χ1v) is 7.52. The average Bonchev–Trinajstić information content (AvgIpc) is 3.02. The molecule has 0 aliphatic rings. The molecule has 0 saturated carbocycles. The van der Waals surface area contributed by atoms with Crippen LogP contribution in [0.5, 0.6) is 0 Å². The molecule has 5 nitrogen and oxygen atoms in total. The van der Waals surface area contributed by atoms with Crippen LogP contribution >= 0.6 is 15.9 Å². The van der Waals surface area contributed by atoms with E-state index in [4.69, 9.17) is 5.73 Å². The van der Waals surface area contributed by atoms with E-state index >= 15 is 0 Å². The van der Waals surface area contributed by atoms with Gasteiger partial charge < -0.3 is 5.73 Å². The molecule has 3 rings (SSSR count). The molecule has 21 heavy (non-hydrogen) atoms. The van der Waals surface area contributed by atoms with Gasteiger partial charge in [0.05, 0.1) is 17.0 Å². The van der Waals surface area contributed by atoms with Crippen molar-refractivity contribution in [3.05, 3.63) is 40.6 Å². The zero-order valence-electron chi connectivity index (χ0n) is 11.9. The van der Waals surface area contributed by atoms with Crippen LogP contribution in [0.25, 0.3) is 22.4 Å². The van der Waals surface area contributed by atoms with E-state index in [1.165, 1.54) is 0 Å². The molecule has 6 heteroatoms. The fourth-order valence-corrected chi connectivity index (χ4v) is 2.98. The Morgan fingerprint density at radius 2 is 2.05 bits per heavy atom. The predicted molar refractivity (Wildman–Crippen MR) is 87.7 cm³/mol. The summed E-state index contributed by atoms with van der Waals surface area (Å²) < 4.78 is 2.80. The highest BCUT2D eigenvalue weighted by molar-refractivity contribution is 9.10. The van der Waals surface area contributed by atoms with Crippen molar-refractivity contribution in [1.82, 2.24) is 20.0 Å². The number of rotatable bonds is 3. The van der Waals surface area contributed by atoms with Crippen molar-refractivity contribution in [3.63, 3.8) is 0 Å². The molecular formula is C15H16BrN5. The van der Waals surface area contributed by atoms with Crippen molar-refractivity contribution in [1.29, 1.82) is 0 Å². The lowest BCUT2D eigenvalue weighted by atomic mass is 10.0. The van der Waals surface area contributed by atoms with E-state index in [0.717, 1.165) is 39.0 Å². The molecule has 0 amide bonds. The summed E-state index contributed by atoms with van der Waals surface area (Å²) in [5.74, 6) is 0.489. The van der Waals surface area contributed by atoms with Crippen LogP contribution in [0.15, 0.2) is 34.9 Å². The molecule has 0 aliphatic carbocycles. The largest absolute Gasteiger partial charge is 0.382 e. The van der Waals surface area contributed by atoms with Crippen molar-refractivity contribution >= 4 is 21.7 Å². The van der Waals surface area contributed by atoms with Gasteiger partial charge in [0.1, 0.15) is 0 Å². The maximum Gasteiger partial charge on any atom is 0.153 e. The van der Waals surface area contributed by atoms with Crippen LogP contribution in [-0.2, 0) is 13.5 Å². The normalized spacial score (nSPS) is 11.0. The Morgan fingerprint density at radius 1 is 1.29 bits per heavy atom. The van der Waals surface area contributed by atoms with Crippen molar-refractivity contribution in [2.24, 2.45) is 7.05 Å². The minimum Gasteiger partial charge on any atom is -0.382 e. The van der Waals surface area contributed by atoms with Crippen LogP contribution in [0.4, 0.5) is 5.82 Å². The number of benzene rings is 1. The maximum atomic E-state index is 6.09. The highest BCUT2D eigenvalue weighted by Gasteiger charge is 2.20. The number of nitrogen functional groups attached to an aromatic ring is 1. The smallest absolute Gasteiger partial charge is 0.153 e. The third-order valence-electron chi connectivity index (χ3n) is 3.45. The van der Waals surface area contributed by atoms with Gasteiger partial charge in [-0.1, -0.05) is 41.1 Å². The first kappa shape index (κ1) is 13.9. The second-order valence-electron chi connectivity index (χ2n) is 4.86. The molecular weight excluding hydrogens is 330 g/mol. The molecule has 0 saturated heterocycles. The number of nitrogens with one attached hydrogen (secondary N) is 1. The molecule has 0 atom stereocenters. The molecule has 3 aromatic rings. The summed E-state index contributed by atoms with van der Waals surface area (Å²) in [6.07, 6.45) is 2.84. The summed E-state index contributed by atoms with van der Waals surface area (Å²) in [5, 5.41) is 11.7. The number of nitrogens with zero attached hydrogens (tertiary/aromatic N) is 3. The first-order valence-electron chi connectivity index (χ1n) is 6.73. The van der Waals surface area contributed by atoms with E-state index < -0.39 is 0 Å². The van der Waals surface area contributed by atoms with Gasteiger partial charge in [0, 0.05) is 28.8 Å². The Morgan fingerprint density at radius 3 is 2.76 bits per heavy atom. The lowest BCUT2D eigenvalue weighted by molar-refractivity contribution is 0.746. The topological polar surface area (TPSA) is 72.5 Å². The standard InChI is InChI=1S/C15H16BrN5/c1-3-12-10(8-21(2)20-12)14-13(15(17)19-18-14)9-6-4-5-7-11(9)16/h4-8H,3H2,1-2H3,(H3,17,18,19). The van der Waals surface area contributed by atoms with Crippen LogP contribution in [0, 0.1) is 0 Å². The Bertz CT molecular complexity index is 787. The quantitative estimate of drug-likeness (QED) is 0.764. The Labute approximate surface area is 131 Å². The average molecular weight is 346 g/mol. The van der Waals surface area contributed by atoms with E-state index in [1.807, 2.05) is 42.2 Å². The molecule has 3 N–H and O–H groups in total. The van der Waals surface area contributed by atoms with Crippen LogP contribution in [0.2, 0.25) is 0 Å². The Kier molecular flexibility index (Phi) is 3.55.